The molecule has 182 valence electrons. The predicted octanol–water partition coefficient (Wildman–Crippen LogP) is 6.21. The van der Waals surface area contributed by atoms with Crippen LogP contribution in [-0.4, -0.2) is 7.11 Å². The Morgan fingerprint density at radius 3 is 2.28 bits per heavy atom. The molecule has 36 heavy (non-hydrogen) atoms. The topological polar surface area (TPSA) is 106 Å². The van der Waals surface area contributed by atoms with Crippen molar-refractivity contribution < 1.29 is 9.47 Å². The molecule has 4 rings (SSSR count). The van der Waals surface area contributed by atoms with Crippen LogP contribution < -0.4 is 26.3 Å². The number of anilines is 3. The molecule has 0 aliphatic carbocycles. The molecule has 0 atom stereocenters. The van der Waals surface area contributed by atoms with E-state index in [4.69, 9.17) is 20.9 Å². The standard InChI is InChI=1S/C30H30N4O2/c1-19-9-14-26(36-18-22-7-5-4-6-8-22)20(2)27(19)28-29(33)25(32)15-23(16-31)30(28)34-17-21-10-12-24(35-3)13-11-21/h4-15,34H,17-18,32-33H2,1-3H3. The van der Waals surface area contributed by atoms with Gasteiger partial charge in [-0.2, -0.15) is 5.26 Å². The lowest BCUT2D eigenvalue weighted by atomic mass is 9.90. The van der Waals surface area contributed by atoms with Crippen LogP contribution in [0, 0.1) is 25.2 Å². The van der Waals surface area contributed by atoms with E-state index in [1.807, 2.05) is 80.6 Å². The maximum absolute atomic E-state index is 9.95. The second-order valence-electron chi connectivity index (χ2n) is 8.65. The van der Waals surface area contributed by atoms with Gasteiger partial charge in [0, 0.05) is 12.1 Å². The van der Waals surface area contributed by atoms with Crippen molar-refractivity contribution in [1.29, 1.82) is 5.26 Å². The number of aryl methyl sites for hydroxylation is 1. The number of ether oxygens (including phenoxy) is 2. The lowest BCUT2D eigenvalue weighted by Crippen LogP contribution is -2.09. The summed E-state index contributed by atoms with van der Waals surface area (Å²) in [4.78, 5) is 0. The zero-order valence-corrected chi connectivity index (χ0v) is 20.8. The Balaban J connectivity index is 1.76. The number of nitrogens with two attached hydrogens (primary N) is 2. The van der Waals surface area contributed by atoms with Crippen LogP contribution in [0.2, 0.25) is 0 Å². The lowest BCUT2D eigenvalue weighted by Gasteiger charge is -2.22. The molecule has 0 fully saturated rings. The summed E-state index contributed by atoms with van der Waals surface area (Å²) < 4.78 is 11.4. The first-order valence-electron chi connectivity index (χ1n) is 11.7. The van der Waals surface area contributed by atoms with E-state index in [-0.39, 0.29) is 0 Å². The summed E-state index contributed by atoms with van der Waals surface area (Å²) in [7, 11) is 1.64. The zero-order chi connectivity index (χ0) is 25.7. The number of nitrogens with one attached hydrogen (secondary N) is 1. The molecule has 0 bridgehead atoms. The van der Waals surface area contributed by atoms with E-state index in [0.717, 1.165) is 39.3 Å². The number of benzene rings is 4. The first-order chi connectivity index (χ1) is 17.4. The summed E-state index contributed by atoms with van der Waals surface area (Å²) >= 11 is 0. The van der Waals surface area contributed by atoms with Gasteiger partial charge in [0.25, 0.3) is 0 Å². The molecule has 0 aromatic heterocycles. The summed E-state index contributed by atoms with van der Waals surface area (Å²) in [5.74, 6) is 1.54. The normalized spacial score (nSPS) is 10.5. The molecule has 6 heteroatoms. The van der Waals surface area contributed by atoms with Crippen LogP contribution >= 0.6 is 0 Å². The van der Waals surface area contributed by atoms with Gasteiger partial charge in [0.05, 0.1) is 29.7 Å². The van der Waals surface area contributed by atoms with Gasteiger partial charge in [-0.25, -0.2) is 0 Å². The van der Waals surface area contributed by atoms with Crippen molar-refractivity contribution in [3.8, 4) is 28.7 Å². The molecule has 6 nitrogen and oxygen atoms in total. The van der Waals surface area contributed by atoms with Gasteiger partial charge in [-0.1, -0.05) is 48.5 Å². The number of hydrogen-bond acceptors (Lipinski definition) is 6. The highest BCUT2D eigenvalue weighted by atomic mass is 16.5. The zero-order valence-electron chi connectivity index (χ0n) is 20.8. The molecule has 0 saturated carbocycles. The van der Waals surface area contributed by atoms with E-state index in [0.29, 0.717) is 41.3 Å². The van der Waals surface area contributed by atoms with Gasteiger partial charge < -0.3 is 26.3 Å². The summed E-state index contributed by atoms with van der Waals surface area (Å²) in [6, 6.07) is 25.7. The van der Waals surface area contributed by atoms with Crippen molar-refractivity contribution in [2.45, 2.75) is 27.0 Å². The van der Waals surface area contributed by atoms with Crippen molar-refractivity contribution in [1.82, 2.24) is 0 Å². The quantitative estimate of drug-likeness (QED) is 0.260. The Labute approximate surface area is 212 Å². The highest BCUT2D eigenvalue weighted by Crippen LogP contribution is 2.44. The molecular weight excluding hydrogens is 448 g/mol. The number of hydrogen-bond donors (Lipinski definition) is 3. The van der Waals surface area contributed by atoms with Crippen molar-refractivity contribution in [2.75, 3.05) is 23.9 Å². The third kappa shape index (κ3) is 5.06. The Kier molecular flexibility index (Phi) is 7.31. The van der Waals surface area contributed by atoms with Crippen molar-refractivity contribution in [3.05, 3.63) is 101 Å². The van der Waals surface area contributed by atoms with E-state index < -0.39 is 0 Å². The molecule has 0 radical (unpaired) electrons. The van der Waals surface area contributed by atoms with Gasteiger partial charge in [0.15, 0.2) is 0 Å². The van der Waals surface area contributed by atoms with E-state index in [1.54, 1.807) is 13.2 Å². The van der Waals surface area contributed by atoms with Gasteiger partial charge in [-0.05, 0) is 65.9 Å². The van der Waals surface area contributed by atoms with E-state index in [1.165, 1.54) is 0 Å². The lowest BCUT2D eigenvalue weighted by molar-refractivity contribution is 0.304. The average molecular weight is 479 g/mol. The van der Waals surface area contributed by atoms with Crippen LogP contribution in [0.1, 0.15) is 27.8 Å². The first-order valence-corrected chi connectivity index (χ1v) is 11.7. The molecular formula is C30H30N4O2. The minimum atomic E-state index is 0.367. The largest absolute Gasteiger partial charge is 0.497 e. The summed E-state index contributed by atoms with van der Waals surface area (Å²) in [6.45, 7) is 4.97. The van der Waals surface area contributed by atoms with Crippen LogP contribution in [0.4, 0.5) is 17.1 Å². The Hall–Kier alpha value is -4.63. The molecule has 0 aliphatic rings. The fourth-order valence-corrected chi connectivity index (χ4v) is 4.29. The second kappa shape index (κ2) is 10.7. The predicted molar refractivity (Wildman–Crippen MR) is 146 cm³/mol. The molecule has 0 amide bonds. The van der Waals surface area contributed by atoms with Crippen LogP contribution in [0.3, 0.4) is 0 Å². The Bertz CT molecular complexity index is 1410. The molecule has 0 unspecified atom stereocenters. The van der Waals surface area contributed by atoms with Gasteiger partial charge in [0.2, 0.25) is 0 Å². The first kappa shape index (κ1) is 24.5. The van der Waals surface area contributed by atoms with Crippen molar-refractivity contribution in [2.24, 2.45) is 0 Å². The van der Waals surface area contributed by atoms with Crippen LogP contribution in [0.25, 0.3) is 11.1 Å². The van der Waals surface area contributed by atoms with E-state index in [2.05, 4.69) is 11.4 Å². The Morgan fingerprint density at radius 2 is 1.61 bits per heavy atom. The third-order valence-corrected chi connectivity index (χ3v) is 6.26. The van der Waals surface area contributed by atoms with Crippen LogP contribution in [0.5, 0.6) is 11.5 Å². The molecule has 0 spiro atoms. The smallest absolute Gasteiger partial charge is 0.123 e. The number of methoxy groups -OCH3 is 1. The van der Waals surface area contributed by atoms with Crippen LogP contribution in [-0.2, 0) is 13.2 Å². The molecule has 5 N–H and O–H groups in total. The minimum Gasteiger partial charge on any atom is -0.497 e. The van der Waals surface area contributed by atoms with E-state index in [9.17, 15) is 5.26 Å². The van der Waals surface area contributed by atoms with Crippen LogP contribution in [0.15, 0.2) is 72.8 Å². The number of nitriles is 1. The summed E-state index contributed by atoms with van der Waals surface area (Å²) in [5, 5.41) is 13.4. The van der Waals surface area contributed by atoms with Crippen molar-refractivity contribution in [3.63, 3.8) is 0 Å². The molecule has 4 aromatic rings. The molecule has 4 aromatic carbocycles. The molecule has 0 aliphatic heterocycles. The fourth-order valence-electron chi connectivity index (χ4n) is 4.29. The maximum Gasteiger partial charge on any atom is 0.123 e. The molecule has 0 heterocycles. The number of rotatable bonds is 8. The minimum absolute atomic E-state index is 0.367. The number of nitrogens with zero attached hydrogens (tertiary/aromatic N) is 1. The monoisotopic (exact) mass is 478 g/mol. The van der Waals surface area contributed by atoms with Gasteiger partial charge >= 0.3 is 0 Å². The summed E-state index contributed by atoms with van der Waals surface area (Å²) in [6.07, 6.45) is 0. The maximum atomic E-state index is 9.95. The fraction of sp³-hybridized carbons (Fsp3) is 0.167. The second-order valence-corrected chi connectivity index (χ2v) is 8.65. The van der Waals surface area contributed by atoms with Gasteiger partial charge in [-0.3, -0.25) is 0 Å². The highest BCUT2D eigenvalue weighted by Gasteiger charge is 2.21. The average Bonchev–Trinajstić information content (AvgIpc) is 2.90. The number of nitrogen functional groups attached to an aromatic ring is 2. The third-order valence-electron chi connectivity index (χ3n) is 6.26. The Morgan fingerprint density at radius 1 is 0.889 bits per heavy atom. The molecule has 0 saturated heterocycles. The van der Waals surface area contributed by atoms with Gasteiger partial charge in [0.1, 0.15) is 24.2 Å². The summed E-state index contributed by atoms with van der Waals surface area (Å²) in [5.41, 5.74) is 20.4. The SMILES string of the molecule is COc1ccc(CNc2c(C#N)cc(N)c(N)c2-c2c(C)ccc(OCc3ccccc3)c2C)cc1. The van der Waals surface area contributed by atoms with Gasteiger partial charge in [-0.15, -0.1) is 0 Å². The van der Waals surface area contributed by atoms with Crippen molar-refractivity contribution >= 4 is 17.1 Å². The highest BCUT2D eigenvalue weighted by molar-refractivity contribution is 5.98. The van der Waals surface area contributed by atoms with E-state index >= 15 is 0 Å².